The highest BCUT2D eigenvalue weighted by Crippen LogP contribution is 2.21. The van der Waals surface area contributed by atoms with Crippen LogP contribution in [-0.4, -0.2) is 30.6 Å². The summed E-state index contributed by atoms with van der Waals surface area (Å²) in [5, 5.41) is 11.8. The van der Waals surface area contributed by atoms with Gasteiger partial charge in [-0.25, -0.2) is 0 Å². The van der Waals surface area contributed by atoms with Crippen LogP contribution in [0.1, 0.15) is 31.4 Å². The van der Waals surface area contributed by atoms with Gasteiger partial charge >= 0.3 is 5.97 Å². The van der Waals surface area contributed by atoms with Crippen molar-refractivity contribution >= 4 is 11.9 Å². The summed E-state index contributed by atoms with van der Waals surface area (Å²) in [5.74, 6) is -0.321. The summed E-state index contributed by atoms with van der Waals surface area (Å²) in [7, 11) is 1.57. The van der Waals surface area contributed by atoms with Crippen molar-refractivity contribution in [3.63, 3.8) is 0 Å². The molecule has 0 fully saturated rings. The van der Waals surface area contributed by atoms with Gasteiger partial charge in [0.2, 0.25) is 5.91 Å². The Morgan fingerprint density at radius 2 is 2.00 bits per heavy atom. The van der Waals surface area contributed by atoms with Crippen molar-refractivity contribution in [1.29, 1.82) is 0 Å². The SMILES string of the molecule is COc1ccc(C)cc1CC(=O)NCCC(C)(C)C(=O)O. The molecule has 0 spiro atoms. The highest BCUT2D eigenvalue weighted by molar-refractivity contribution is 5.79. The molecular weight excluding hydrogens is 270 g/mol. The Hall–Kier alpha value is -2.04. The number of carbonyl (C=O) groups excluding carboxylic acids is 1. The van der Waals surface area contributed by atoms with E-state index in [1.807, 2.05) is 25.1 Å². The standard InChI is InChI=1S/C16H23NO4/c1-11-5-6-13(21-4)12(9-11)10-14(18)17-8-7-16(2,3)15(19)20/h5-6,9H,7-8,10H2,1-4H3,(H,17,18)(H,19,20). The van der Waals surface area contributed by atoms with Crippen molar-refractivity contribution in [3.05, 3.63) is 29.3 Å². The molecule has 1 amide bonds. The van der Waals surface area contributed by atoms with E-state index in [0.29, 0.717) is 18.7 Å². The first kappa shape index (κ1) is 17.0. The van der Waals surface area contributed by atoms with Gasteiger partial charge in [0.25, 0.3) is 0 Å². The normalized spacial score (nSPS) is 11.0. The maximum absolute atomic E-state index is 11.9. The van der Waals surface area contributed by atoms with Crippen LogP contribution in [0.5, 0.6) is 5.75 Å². The molecule has 1 aromatic carbocycles. The fourth-order valence-corrected chi connectivity index (χ4v) is 1.90. The number of aryl methyl sites for hydroxylation is 1. The van der Waals surface area contributed by atoms with E-state index in [2.05, 4.69) is 5.32 Å². The van der Waals surface area contributed by atoms with E-state index in [1.54, 1.807) is 21.0 Å². The second kappa shape index (κ2) is 7.11. The first-order chi connectivity index (χ1) is 9.76. The van der Waals surface area contributed by atoms with Crippen LogP contribution in [0.4, 0.5) is 0 Å². The molecular formula is C16H23NO4. The summed E-state index contributed by atoms with van der Waals surface area (Å²) in [6.07, 6.45) is 0.609. The maximum Gasteiger partial charge on any atom is 0.309 e. The zero-order valence-corrected chi connectivity index (χ0v) is 13.0. The summed E-state index contributed by atoms with van der Waals surface area (Å²) in [4.78, 5) is 22.9. The van der Waals surface area contributed by atoms with Gasteiger partial charge in [0.15, 0.2) is 0 Å². The second-order valence-electron chi connectivity index (χ2n) is 5.78. The Labute approximate surface area is 125 Å². The number of carboxylic acids is 1. The van der Waals surface area contributed by atoms with E-state index in [9.17, 15) is 9.59 Å². The summed E-state index contributed by atoms with van der Waals surface area (Å²) >= 11 is 0. The van der Waals surface area contributed by atoms with Gasteiger partial charge < -0.3 is 15.2 Å². The largest absolute Gasteiger partial charge is 0.496 e. The average molecular weight is 293 g/mol. The number of carboxylic acid groups (broad SMARTS) is 1. The van der Waals surface area contributed by atoms with Crippen LogP contribution in [0.15, 0.2) is 18.2 Å². The predicted molar refractivity (Wildman–Crippen MR) is 80.5 cm³/mol. The zero-order chi connectivity index (χ0) is 16.0. The summed E-state index contributed by atoms with van der Waals surface area (Å²) in [5.41, 5.74) is 1.05. The maximum atomic E-state index is 11.9. The molecule has 1 aromatic rings. The summed E-state index contributed by atoms with van der Waals surface area (Å²) in [6, 6.07) is 5.68. The molecule has 2 N–H and O–H groups in total. The molecule has 1 rings (SSSR count). The van der Waals surface area contributed by atoms with Crippen LogP contribution in [0.2, 0.25) is 0 Å². The van der Waals surface area contributed by atoms with Crippen molar-refractivity contribution in [2.45, 2.75) is 33.6 Å². The molecule has 0 aromatic heterocycles. The molecule has 0 bridgehead atoms. The average Bonchev–Trinajstić information content (AvgIpc) is 2.38. The van der Waals surface area contributed by atoms with Crippen molar-refractivity contribution in [2.75, 3.05) is 13.7 Å². The highest BCUT2D eigenvalue weighted by Gasteiger charge is 2.26. The molecule has 116 valence electrons. The summed E-state index contributed by atoms with van der Waals surface area (Å²) in [6.45, 7) is 5.58. The van der Waals surface area contributed by atoms with E-state index < -0.39 is 11.4 Å². The Morgan fingerprint density at radius 3 is 2.57 bits per heavy atom. The van der Waals surface area contributed by atoms with Crippen molar-refractivity contribution < 1.29 is 19.4 Å². The number of hydrogen-bond donors (Lipinski definition) is 2. The molecule has 0 aliphatic heterocycles. The van der Waals surface area contributed by atoms with E-state index in [4.69, 9.17) is 9.84 Å². The van der Waals surface area contributed by atoms with Crippen molar-refractivity contribution in [1.82, 2.24) is 5.32 Å². The van der Waals surface area contributed by atoms with E-state index in [0.717, 1.165) is 11.1 Å². The predicted octanol–water partition coefficient (Wildman–Crippen LogP) is 2.16. The molecule has 0 aliphatic rings. The number of hydrogen-bond acceptors (Lipinski definition) is 3. The lowest BCUT2D eigenvalue weighted by molar-refractivity contribution is -0.147. The fourth-order valence-electron chi connectivity index (χ4n) is 1.90. The smallest absolute Gasteiger partial charge is 0.309 e. The number of amides is 1. The van der Waals surface area contributed by atoms with Gasteiger partial charge in [0.1, 0.15) is 5.75 Å². The number of rotatable bonds is 7. The van der Waals surface area contributed by atoms with E-state index >= 15 is 0 Å². The molecule has 0 saturated carbocycles. The topological polar surface area (TPSA) is 75.6 Å². The molecule has 0 heterocycles. The number of ether oxygens (including phenoxy) is 1. The number of nitrogens with one attached hydrogen (secondary N) is 1. The minimum Gasteiger partial charge on any atom is -0.496 e. The van der Waals surface area contributed by atoms with Crippen LogP contribution in [-0.2, 0) is 16.0 Å². The Balaban J connectivity index is 2.55. The van der Waals surface area contributed by atoms with Crippen LogP contribution in [0.25, 0.3) is 0 Å². The number of aliphatic carboxylic acids is 1. The zero-order valence-electron chi connectivity index (χ0n) is 13.0. The van der Waals surface area contributed by atoms with Gasteiger partial charge in [-0.15, -0.1) is 0 Å². The van der Waals surface area contributed by atoms with Crippen LogP contribution < -0.4 is 10.1 Å². The monoisotopic (exact) mass is 293 g/mol. The lowest BCUT2D eigenvalue weighted by Gasteiger charge is -2.19. The highest BCUT2D eigenvalue weighted by atomic mass is 16.5. The molecule has 0 saturated heterocycles. The third-order valence-corrected chi connectivity index (χ3v) is 3.44. The molecule has 0 unspecified atom stereocenters. The molecule has 0 radical (unpaired) electrons. The number of carbonyl (C=O) groups is 2. The first-order valence-electron chi connectivity index (χ1n) is 6.90. The minimum atomic E-state index is -0.864. The Kier molecular flexibility index (Phi) is 5.76. The van der Waals surface area contributed by atoms with Crippen LogP contribution >= 0.6 is 0 Å². The Bertz CT molecular complexity index is 523. The van der Waals surface area contributed by atoms with Gasteiger partial charge in [-0.1, -0.05) is 17.7 Å². The third kappa shape index (κ3) is 5.10. The quantitative estimate of drug-likeness (QED) is 0.808. The van der Waals surface area contributed by atoms with Gasteiger partial charge in [0.05, 0.1) is 18.9 Å². The molecule has 0 atom stereocenters. The minimum absolute atomic E-state index is 0.139. The lowest BCUT2D eigenvalue weighted by Crippen LogP contribution is -2.32. The van der Waals surface area contributed by atoms with E-state index in [1.165, 1.54) is 0 Å². The van der Waals surface area contributed by atoms with Crippen molar-refractivity contribution in [3.8, 4) is 5.75 Å². The fraction of sp³-hybridized carbons (Fsp3) is 0.500. The van der Waals surface area contributed by atoms with E-state index in [-0.39, 0.29) is 12.3 Å². The molecule has 21 heavy (non-hydrogen) atoms. The Morgan fingerprint density at radius 1 is 1.33 bits per heavy atom. The second-order valence-corrected chi connectivity index (χ2v) is 5.78. The molecule has 5 nitrogen and oxygen atoms in total. The van der Waals surface area contributed by atoms with Gasteiger partial charge in [-0.3, -0.25) is 9.59 Å². The molecule has 0 aliphatic carbocycles. The summed E-state index contributed by atoms with van der Waals surface area (Å²) < 4.78 is 5.23. The molecule has 5 heteroatoms. The van der Waals surface area contributed by atoms with Crippen LogP contribution in [0, 0.1) is 12.3 Å². The van der Waals surface area contributed by atoms with Crippen LogP contribution in [0.3, 0.4) is 0 Å². The first-order valence-corrected chi connectivity index (χ1v) is 6.90. The lowest BCUT2D eigenvalue weighted by atomic mass is 9.90. The van der Waals surface area contributed by atoms with Gasteiger partial charge in [-0.2, -0.15) is 0 Å². The van der Waals surface area contributed by atoms with Gasteiger partial charge in [0, 0.05) is 12.1 Å². The number of methoxy groups -OCH3 is 1. The number of benzene rings is 1. The third-order valence-electron chi connectivity index (χ3n) is 3.44. The van der Waals surface area contributed by atoms with Gasteiger partial charge in [-0.05, 0) is 33.3 Å². The van der Waals surface area contributed by atoms with Crippen molar-refractivity contribution in [2.24, 2.45) is 5.41 Å².